The Kier molecular flexibility index (Phi) is 8.20. The third kappa shape index (κ3) is 5.36. The van der Waals surface area contributed by atoms with Gasteiger partial charge in [0.05, 0.1) is 18.6 Å². The summed E-state index contributed by atoms with van der Waals surface area (Å²) in [6, 6.07) is 28.3. The van der Waals surface area contributed by atoms with Gasteiger partial charge in [-0.25, -0.2) is 15.0 Å². The van der Waals surface area contributed by atoms with Crippen LogP contribution in [0.1, 0.15) is 43.8 Å². The Morgan fingerprint density at radius 2 is 1.59 bits per heavy atom. The van der Waals surface area contributed by atoms with Crippen molar-refractivity contribution in [1.29, 1.82) is 0 Å². The second kappa shape index (κ2) is 12.1. The summed E-state index contributed by atoms with van der Waals surface area (Å²) in [5, 5.41) is 24.4. The van der Waals surface area contributed by atoms with Crippen molar-refractivity contribution < 1.29 is 19.4 Å². The fraction of sp³-hybridized carbons (Fsp3) is 0.286. The van der Waals surface area contributed by atoms with Crippen LogP contribution in [0, 0.1) is 12.3 Å². The van der Waals surface area contributed by atoms with Crippen LogP contribution in [0.2, 0.25) is 5.04 Å². The minimum atomic E-state index is -2.88. The Morgan fingerprint density at radius 3 is 2.23 bits per heavy atom. The lowest BCUT2D eigenvalue weighted by Crippen LogP contribution is -2.67. The third-order valence-electron chi connectivity index (χ3n) is 8.39. The molecular formula is C35H36N4O4Si. The first-order valence-electron chi connectivity index (χ1n) is 14.7. The maximum Gasteiger partial charge on any atom is 0.261 e. The number of aliphatic hydroxyl groups excluding tert-OH is 2. The van der Waals surface area contributed by atoms with Crippen molar-refractivity contribution in [3.63, 3.8) is 0 Å². The number of aliphatic hydroxyl groups is 2. The molecule has 0 bridgehead atoms. The molecule has 0 saturated carbocycles. The predicted molar refractivity (Wildman–Crippen MR) is 172 cm³/mol. The first-order chi connectivity index (χ1) is 21.2. The number of nitrogens with zero attached hydrogens (tertiary/aromatic N) is 4. The highest BCUT2D eigenvalue weighted by atomic mass is 28.4. The molecule has 1 saturated heterocycles. The number of benzene rings is 3. The number of ether oxygens (including phenoxy) is 1. The van der Waals surface area contributed by atoms with Crippen LogP contribution in [0.5, 0.6) is 0 Å². The molecule has 3 aromatic carbocycles. The maximum atomic E-state index is 11.2. The second-order valence-corrected chi connectivity index (χ2v) is 16.5. The fourth-order valence-electron chi connectivity index (χ4n) is 6.25. The second-order valence-electron chi connectivity index (χ2n) is 12.2. The Labute approximate surface area is 258 Å². The van der Waals surface area contributed by atoms with E-state index in [1.807, 2.05) is 60.7 Å². The van der Waals surface area contributed by atoms with Gasteiger partial charge in [-0.3, -0.25) is 4.57 Å². The van der Waals surface area contributed by atoms with E-state index >= 15 is 0 Å². The molecule has 6 rings (SSSR count). The molecule has 5 aromatic rings. The van der Waals surface area contributed by atoms with Gasteiger partial charge in [0.25, 0.3) is 8.32 Å². The lowest BCUT2D eigenvalue weighted by Gasteiger charge is -2.43. The van der Waals surface area contributed by atoms with Gasteiger partial charge in [0.2, 0.25) is 0 Å². The first kappa shape index (κ1) is 29.9. The van der Waals surface area contributed by atoms with Gasteiger partial charge < -0.3 is 19.4 Å². The average molecular weight is 605 g/mol. The molecule has 0 unspecified atom stereocenters. The minimum Gasteiger partial charge on any atom is -0.405 e. The number of fused-ring (bicyclic) bond motifs is 1. The molecule has 1 fully saturated rings. The van der Waals surface area contributed by atoms with Gasteiger partial charge >= 0.3 is 0 Å². The molecule has 1 aliphatic rings. The molecule has 2 N–H and O–H groups in total. The van der Waals surface area contributed by atoms with Crippen LogP contribution in [0.4, 0.5) is 0 Å². The van der Waals surface area contributed by atoms with E-state index in [0.717, 1.165) is 27.2 Å². The van der Waals surface area contributed by atoms with Gasteiger partial charge in [-0.15, -0.1) is 6.42 Å². The van der Waals surface area contributed by atoms with Crippen molar-refractivity contribution in [3.05, 3.63) is 114 Å². The molecule has 0 spiro atoms. The Hall–Kier alpha value is -4.17. The molecule has 4 atom stereocenters. The topological polar surface area (TPSA) is 103 Å². The van der Waals surface area contributed by atoms with E-state index in [4.69, 9.17) is 15.6 Å². The van der Waals surface area contributed by atoms with E-state index in [9.17, 15) is 10.2 Å². The van der Waals surface area contributed by atoms with Crippen LogP contribution in [0.25, 0.3) is 11.2 Å². The van der Waals surface area contributed by atoms with E-state index in [2.05, 4.69) is 65.9 Å². The SMILES string of the molecule is C#Cc1cccc(Cc2ncnc3c2ncn3[C@@H]2O[C@H](CO[Si](c3ccccc3)(c3ccccc3)C(C)(C)C)[C@@H](O)[C@H]2O)c1. The van der Waals surface area contributed by atoms with Crippen molar-refractivity contribution in [2.24, 2.45) is 0 Å². The Bertz CT molecular complexity index is 1740. The molecule has 9 heteroatoms. The number of imidazole rings is 1. The molecule has 1 aliphatic heterocycles. The normalized spacial score (nSPS) is 20.5. The van der Waals surface area contributed by atoms with Gasteiger partial charge in [0.15, 0.2) is 11.9 Å². The van der Waals surface area contributed by atoms with Crippen LogP contribution in [-0.4, -0.2) is 63.0 Å². The highest BCUT2D eigenvalue weighted by Crippen LogP contribution is 2.38. The average Bonchev–Trinajstić information content (AvgIpc) is 3.59. The van der Waals surface area contributed by atoms with Crippen LogP contribution in [0.3, 0.4) is 0 Å². The van der Waals surface area contributed by atoms with Crippen LogP contribution in [-0.2, 0) is 15.6 Å². The third-order valence-corrected chi connectivity index (χ3v) is 13.4. The Morgan fingerprint density at radius 1 is 0.909 bits per heavy atom. The lowest BCUT2D eigenvalue weighted by molar-refractivity contribution is -0.0486. The van der Waals surface area contributed by atoms with Gasteiger partial charge in [-0.05, 0) is 33.1 Å². The molecule has 0 aliphatic carbocycles. The summed E-state index contributed by atoms with van der Waals surface area (Å²) < 4.78 is 15.0. The zero-order valence-corrected chi connectivity index (χ0v) is 26.0. The van der Waals surface area contributed by atoms with Crippen LogP contribution in [0.15, 0.2) is 97.6 Å². The van der Waals surface area contributed by atoms with E-state index in [-0.39, 0.29) is 11.6 Å². The zero-order chi connectivity index (χ0) is 30.9. The summed E-state index contributed by atoms with van der Waals surface area (Å²) in [5.74, 6) is 2.66. The summed E-state index contributed by atoms with van der Waals surface area (Å²) in [6.45, 7) is 6.68. The predicted octanol–water partition coefficient (Wildman–Crippen LogP) is 3.59. The molecule has 8 nitrogen and oxygen atoms in total. The highest BCUT2D eigenvalue weighted by Gasteiger charge is 2.52. The number of terminal acetylenes is 1. The maximum absolute atomic E-state index is 11.2. The summed E-state index contributed by atoms with van der Waals surface area (Å²) >= 11 is 0. The fourth-order valence-corrected chi connectivity index (χ4v) is 10.8. The van der Waals surface area contributed by atoms with E-state index in [0.29, 0.717) is 17.6 Å². The Balaban J connectivity index is 1.28. The number of hydrogen-bond donors (Lipinski definition) is 2. The first-order valence-corrected chi connectivity index (χ1v) is 16.6. The summed E-state index contributed by atoms with van der Waals surface area (Å²) in [6.07, 6.45) is 5.06. The summed E-state index contributed by atoms with van der Waals surface area (Å²) in [5.41, 5.74) is 3.62. The zero-order valence-electron chi connectivity index (χ0n) is 25.0. The quantitative estimate of drug-likeness (QED) is 0.206. The van der Waals surface area contributed by atoms with Crippen molar-refractivity contribution in [2.75, 3.05) is 6.61 Å². The smallest absolute Gasteiger partial charge is 0.261 e. The molecule has 224 valence electrons. The molecule has 0 amide bonds. The molecule has 0 radical (unpaired) electrons. The summed E-state index contributed by atoms with van der Waals surface area (Å²) in [4.78, 5) is 13.5. The molecule has 3 heterocycles. The van der Waals surface area contributed by atoms with Crippen LogP contribution < -0.4 is 10.4 Å². The number of aromatic nitrogens is 4. The van der Waals surface area contributed by atoms with E-state index in [1.165, 1.54) is 6.33 Å². The standard InChI is InChI=1S/C35H36N4O4Si/c1-5-24-13-12-14-25(19-24)20-28-30-33(37-22-36-28)39(23-38-30)34-32(41)31(40)29(43-34)21-42-44(35(2,3)4,26-15-8-6-9-16-26)27-17-10-7-11-18-27/h1,6-19,22-23,29,31-32,34,40-41H,20-21H2,2-4H3/t29-,31-,32-,34-/m1/s1. The van der Waals surface area contributed by atoms with Crippen molar-refractivity contribution in [2.45, 2.75) is 56.8 Å². The number of rotatable bonds is 8. The lowest BCUT2D eigenvalue weighted by atomic mass is 10.1. The highest BCUT2D eigenvalue weighted by molar-refractivity contribution is 6.99. The summed E-state index contributed by atoms with van der Waals surface area (Å²) in [7, 11) is -2.88. The van der Waals surface area contributed by atoms with Gasteiger partial charge in [-0.1, -0.05) is 99.5 Å². The monoisotopic (exact) mass is 604 g/mol. The largest absolute Gasteiger partial charge is 0.405 e. The van der Waals surface area contributed by atoms with Gasteiger partial charge in [0, 0.05) is 12.0 Å². The molecular weight excluding hydrogens is 568 g/mol. The van der Waals surface area contributed by atoms with Gasteiger partial charge in [0.1, 0.15) is 30.2 Å². The molecule has 2 aromatic heterocycles. The minimum absolute atomic E-state index is 0.0976. The van der Waals surface area contributed by atoms with Crippen LogP contribution >= 0.6 is 0 Å². The van der Waals surface area contributed by atoms with E-state index < -0.39 is 32.9 Å². The van der Waals surface area contributed by atoms with Crippen molar-refractivity contribution >= 4 is 29.9 Å². The van der Waals surface area contributed by atoms with E-state index in [1.54, 1.807) is 10.9 Å². The van der Waals surface area contributed by atoms with Crippen molar-refractivity contribution in [1.82, 2.24) is 19.5 Å². The number of hydrogen-bond acceptors (Lipinski definition) is 7. The molecule has 44 heavy (non-hydrogen) atoms. The van der Waals surface area contributed by atoms with Crippen molar-refractivity contribution in [3.8, 4) is 12.3 Å². The van der Waals surface area contributed by atoms with Gasteiger partial charge in [-0.2, -0.15) is 0 Å².